The molecule has 1 heterocycles. The zero-order valence-electron chi connectivity index (χ0n) is 8.90. The average molecular weight is 201 g/mol. The van der Waals surface area contributed by atoms with E-state index < -0.39 is 0 Å². The zero-order chi connectivity index (χ0) is 10.5. The summed E-state index contributed by atoms with van der Waals surface area (Å²) in [5.41, 5.74) is 9.79. The molecule has 1 aliphatic rings. The van der Waals surface area contributed by atoms with E-state index in [1.54, 1.807) is 0 Å². The Balaban J connectivity index is 2.09. The molecule has 0 unspecified atom stereocenters. The van der Waals surface area contributed by atoms with Gasteiger partial charge in [-0.05, 0) is 30.9 Å². The van der Waals surface area contributed by atoms with Crippen LogP contribution in [0.1, 0.15) is 18.4 Å². The monoisotopic (exact) mass is 201 g/mol. The molecule has 1 fully saturated rings. The quantitative estimate of drug-likeness (QED) is 0.802. The second-order valence-electron chi connectivity index (χ2n) is 4.68. The van der Waals surface area contributed by atoms with E-state index in [1.807, 2.05) is 13.4 Å². The van der Waals surface area contributed by atoms with Gasteiger partial charge in [-0.15, -0.1) is 0 Å². The van der Waals surface area contributed by atoms with E-state index in [0.717, 1.165) is 24.8 Å². The van der Waals surface area contributed by atoms with Gasteiger partial charge in [0.15, 0.2) is 0 Å². The lowest BCUT2D eigenvalue weighted by molar-refractivity contribution is 0.674. The summed E-state index contributed by atoms with van der Waals surface area (Å²) >= 11 is 0. The van der Waals surface area contributed by atoms with Crippen LogP contribution in [-0.4, -0.2) is 15.1 Å². The van der Waals surface area contributed by atoms with Gasteiger partial charge in [0.25, 0.3) is 0 Å². The van der Waals surface area contributed by atoms with E-state index in [2.05, 4.69) is 27.8 Å². The molecule has 0 spiro atoms. The first-order valence-electron chi connectivity index (χ1n) is 5.36. The Hall–Kier alpha value is -1.35. The molecular formula is C12H15N3. The molecule has 78 valence electrons. The number of aryl methyl sites for hydroxylation is 1. The van der Waals surface area contributed by atoms with Crippen LogP contribution in [0.2, 0.25) is 0 Å². The molecule has 1 saturated carbocycles. The lowest BCUT2D eigenvalue weighted by Crippen LogP contribution is -2.24. The molecule has 15 heavy (non-hydrogen) atoms. The van der Waals surface area contributed by atoms with Gasteiger partial charge in [0, 0.05) is 12.6 Å². The van der Waals surface area contributed by atoms with Gasteiger partial charge in [0.2, 0.25) is 0 Å². The molecule has 3 nitrogen and oxygen atoms in total. The van der Waals surface area contributed by atoms with Crippen LogP contribution >= 0.6 is 0 Å². The molecule has 3 heteroatoms. The predicted molar refractivity (Wildman–Crippen MR) is 60.6 cm³/mol. The van der Waals surface area contributed by atoms with Gasteiger partial charge in [0.1, 0.15) is 0 Å². The van der Waals surface area contributed by atoms with Crippen LogP contribution < -0.4 is 5.73 Å². The van der Waals surface area contributed by atoms with Crippen LogP contribution in [0.15, 0.2) is 24.5 Å². The van der Waals surface area contributed by atoms with Crippen molar-refractivity contribution in [1.82, 2.24) is 9.55 Å². The molecule has 0 saturated heterocycles. The van der Waals surface area contributed by atoms with Crippen molar-refractivity contribution >= 4 is 11.0 Å². The Kier molecular flexibility index (Phi) is 1.68. The number of rotatable bonds is 2. The Morgan fingerprint density at radius 2 is 2.27 bits per heavy atom. The first kappa shape index (κ1) is 8.92. The molecule has 3 rings (SSSR count). The van der Waals surface area contributed by atoms with Crippen molar-refractivity contribution < 1.29 is 0 Å². The molecule has 0 atom stereocenters. The van der Waals surface area contributed by atoms with E-state index in [-0.39, 0.29) is 5.54 Å². The van der Waals surface area contributed by atoms with E-state index >= 15 is 0 Å². The third kappa shape index (κ3) is 1.43. The summed E-state index contributed by atoms with van der Waals surface area (Å²) in [6.45, 7) is 0. The largest absolute Gasteiger partial charge is 0.334 e. The Morgan fingerprint density at radius 1 is 1.47 bits per heavy atom. The first-order valence-corrected chi connectivity index (χ1v) is 5.36. The molecule has 1 aliphatic carbocycles. The number of fused-ring (bicyclic) bond motifs is 1. The first-order chi connectivity index (χ1) is 7.18. The minimum absolute atomic E-state index is 0.0613. The number of nitrogens with zero attached hydrogens (tertiary/aromatic N) is 2. The van der Waals surface area contributed by atoms with Crippen LogP contribution in [0.5, 0.6) is 0 Å². The predicted octanol–water partition coefficient (Wildman–Crippen LogP) is 1.61. The highest BCUT2D eigenvalue weighted by Gasteiger charge is 2.38. The standard InChI is InChI=1S/C12H15N3/c1-15-8-14-11-9(3-2-4-10(11)15)7-12(13)5-6-12/h2-4,8H,5-7,13H2,1H3. The molecule has 2 aromatic rings. The van der Waals surface area contributed by atoms with Gasteiger partial charge in [-0.25, -0.2) is 4.98 Å². The van der Waals surface area contributed by atoms with E-state index in [0.29, 0.717) is 0 Å². The number of benzene rings is 1. The summed E-state index contributed by atoms with van der Waals surface area (Å²) in [6.07, 6.45) is 5.12. The average Bonchev–Trinajstić information content (AvgIpc) is 2.81. The number of nitrogens with two attached hydrogens (primary N) is 1. The second kappa shape index (κ2) is 2.83. The molecule has 0 aliphatic heterocycles. The van der Waals surface area contributed by atoms with Crippen molar-refractivity contribution in [2.24, 2.45) is 12.8 Å². The van der Waals surface area contributed by atoms with Crippen LogP contribution in [0.25, 0.3) is 11.0 Å². The third-order valence-electron chi connectivity index (χ3n) is 3.27. The summed E-state index contributed by atoms with van der Waals surface area (Å²) in [4.78, 5) is 4.44. The maximum atomic E-state index is 6.14. The van der Waals surface area contributed by atoms with Crippen molar-refractivity contribution in [2.75, 3.05) is 0 Å². The number of aromatic nitrogens is 2. The van der Waals surface area contributed by atoms with Gasteiger partial charge in [0.05, 0.1) is 17.4 Å². The smallest absolute Gasteiger partial charge is 0.0955 e. The maximum absolute atomic E-state index is 6.14. The van der Waals surface area contributed by atoms with Crippen LogP contribution in [0.4, 0.5) is 0 Å². The van der Waals surface area contributed by atoms with Crippen molar-refractivity contribution in [2.45, 2.75) is 24.8 Å². The lowest BCUT2D eigenvalue weighted by Gasteiger charge is -2.08. The fraction of sp³-hybridized carbons (Fsp3) is 0.417. The summed E-state index contributed by atoms with van der Waals surface area (Å²) in [5, 5.41) is 0. The number of para-hydroxylation sites is 1. The van der Waals surface area contributed by atoms with Crippen molar-refractivity contribution in [3.05, 3.63) is 30.1 Å². The minimum atomic E-state index is 0.0613. The van der Waals surface area contributed by atoms with Crippen LogP contribution in [0.3, 0.4) is 0 Å². The summed E-state index contributed by atoms with van der Waals surface area (Å²) in [5.74, 6) is 0. The van der Waals surface area contributed by atoms with Crippen molar-refractivity contribution in [1.29, 1.82) is 0 Å². The molecule has 1 aromatic heterocycles. The molecule has 2 N–H and O–H groups in total. The highest BCUT2D eigenvalue weighted by Crippen LogP contribution is 2.36. The molecular weight excluding hydrogens is 186 g/mol. The maximum Gasteiger partial charge on any atom is 0.0955 e. The van der Waals surface area contributed by atoms with Crippen molar-refractivity contribution in [3.8, 4) is 0 Å². The van der Waals surface area contributed by atoms with Gasteiger partial charge in [-0.1, -0.05) is 12.1 Å². The lowest BCUT2D eigenvalue weighted by atomic mass is 10.0. The summed E-state index contributed by atoms with van der Waals surface area (Å²) < 4.78 is 2.05. The Bertz CT molecular complexity index is 509. The second-order valence-corrected chi connectivity index (χ2v) is 4.68. The fourth-order valence-electron chi connectivity index (χ4n) is 2.08. The third-order valence-corrected chi connectivity index (χ3v) is 3.27. The fourth-order valence-corrected chi connectivity index (χ4v) is 2.08. The number of imidazole rings is 1. The SMILES string of the molecule is Cn1cnc2c(CC3(N)CC3)cccc21. The zero-order valence-corrected chi connectivity index (χ0v) is 8.90. The molecule has 0 bridgehead atoms. The van der Waals surface area contributed by atoms with E-state index in [4.69, 9.17) is 5.73 Å². The number of hydrogen-bond donors (Lipinski definition) is 1. The van der Waals surface area contributed by atoms with Crippen LogP contribution in [0, 0.1) is 0 Å². The van der Waals surface area contributed by atoms with Crippen LogP contribution in [-0.2, 0) is 13.5 Å². The highest BCUT2D eigenvalue weighted by molar-refractivity contribution is 5.79. The minimum Gasteiger partial charge on any atom is -0.334 e. The van der Waals surface area contributed by atoms with Gasteiger partial charge in [-0.3, -0.25) is 0 Å². The van der Waals surface area contributed by atoms with Gasteiger partial charge >= 0.3 is 0 Å². The molecule has 0 radical (unpaired) electrons. The number of hydrogen-bond acceptors (Lipinski definition) is 2. The van der Waals surface area contributed by atoms with Crippen molar-refractivity contribution in [3.63, 3.8) is 0 Å². The van der Waals surface area contributed by atoms with E-state index in [9.17, 15) is 0 Å². The van der Waals surface area contributed by atoms with E-state index in [1.165, 1.54) is 11.1 Å². The van der Waals surface area contributed by atoms with Gasteiger partial charge in [-0.2, -0.15) is 0 Å². The topological polar surface area (TPSA) is 43.8 Å². The highest BCUT2D eigenvalue weighted by atomic mass is 15.0. The van der Waals surface area contributed by atoms with Gasteiger partial charge < -0.3 is 10.3 Å². The Morgan fingerprint density at radius 3 is 3.00 bits per heavy atom. The molecule has 0 amide bonds. The molecule has 1 aromatic carbocycles. The summed E-state index contributed by atoms with van der Waals surface area (Å²) in [6, 6.07) is 6.33. The Labute approximate surface area is 88.9 Å². The normalized spacial score (nSPS) is 18.3. The summed E-state index contributed by atoms with van der Waals surface area (Å²) in [7, 11) is 2.02.